The number of carbonyl (C=O) groups is 1. The first-order valence-corrected chi connectivity index (χ1v) is 10.4. The highest BCUT2D eigenvalue weighted by molar-refractivity contribution is 6.02. The second kappa shape index (κ2) is 10.4. The van der Waals surface area contributed by atoms with Gasteiger partial charge in [-0.05, 0) is 44.0 Å². The molecule has 1 aromatic heterocycles. The zero-order valence-electron chi connectivity index (χ0n) is 18.1. The molecule has 0 unspecified atom stereocenters. The van der Waals surface area contributed by atoms with Crippen LogP contribution in [0.15, 0.2) is 59.4 Å². The number of benzene rings is 2. The number of nitrogens with one attached hydrogen (secondary N) is 1. The lowest BCUT2D eigenvalue weighted by atomic mass is 10.2. The Morgan fingerprint density at radius 2 is 1.65 bits per heavy atom. The summed E-state index contributed by atoms with van der Waals surface area (Å²) in [6.45, 7) is 6.91. The average Bonchev–Trinajstić information content (AvgIpc) is 2.77. The van der Waals surface area contributed by atoms with E-state index in [0.29, 0.717) is 36.1 Å². The van der Waals surface area contributed by atoms with Crippen LogP contribution in [0.5, 0.6) is 11.5 Å². The van der Waals surface area contributed by atoms with Gasteiger partial charge in [0.05, 0.1) is 18.9 Å². The second-order valence-electron chi connectivity index (χ2n) is 7.06. The largest absolute Gasteiger partial charge is 0.490 e. The predicted octanol–water partition coefficient (Wildman–Crippen LogP) is 4.37. The first-order chi connectivity index (χ1) is 15.0. The van der Waals surface area contributed by atoms with Crippen molar-refractivity contribution < 1.29 is 14.3 Å². The molecule has 0 fully saturated rings. The van der Waals surface area contributed by atoms with Crippen molar-refractivity contribution in [3.05, 3.63) is 76.2 Å². The van der Waals surface area contributed by atoms with E-state index >= 15 is 0 Å². The monoisotopic (exact) mass is 421 g/mol. The Morgan fingerprint density at radius 3 is 2.32 bits per heavy atom. The maximum Gasteiger partial charge on any atom is 0.280 e. The van der Waals surface area contributed by atoms with Crippen molar-refractivity contribution in [2.45, 2.75) is 33.6 Å². The van der Waals surface area contributed by atoms with E-state index in [1.165, 1.54) is 6.07 Å². The summed E-state index contributed by atoms with van der Waals surface area (Å²) < 4.78 is 13.1. The topological polar surface area (TPSA) is 82.5 Å². The van der Waals surface area contributed by atoms with Gasteiger partial charge in [0.15, 0.2) is 17.2 Å². The molecule has 3 rings (SSSR count). The standard InChI is InChI=1S/C24H27N3O4/c1-4-13-30-21-12-11-18(16-22(21)31-14-5-2)25-24(29)23-20(28)15-17(3)27(26-23)19-9-7-6-8-10-19/h6-12,15-16H,4-5,13-14H2,1-3H3,(H,25,29). The molecule has 1 heterocycles. The first-order valence-electron chi connectivity index (χ1n) is 10.4. The van der Waals surface area contributed by atoms with Gasteiger partial charge >= 0.3 is 0 Å². The molecule has 0 atom stereocenters. The van der Waals surface area contributed by atoms with Crippen molar-refractivity contribution >= 4 is 11.6 Å². The van der Waals surface area contributed by atoms with Crippen LogP contribution in [-0.2, 0) is 0 Å². The molecule has 0 aliphatic heterocycles. The molecule has 0 saturated carbocycles. The number of aromatic nitrogens is 2. The van der Waals surface area contributed by atoms with Crippen molar-refractivity contribution in [1.29, 1.82) is 0 Å². The van der Waals surface area contributed by atoms with E-state index < -0.39 is 11.3 Å². The van der Waals surface area contributed by atoms with E-state index in [-0.39, 0.29) is 5.69 Å². The van der Waals surface area contributed by atoms with Crippen LogP contribution in [0.25, 0.3) is 5.69 Å². The third-order valence-electron chi connectivity index (χ3n) is 4.45. The smallest absolute Gasteiger partial charge is 0.280 e. The number of hydrogen-bond donors (Lipinski definition) is 1. The van der Waals surface area contributed by atoms with E-state index in [0.717, 1.165) is 18.5 Å². The normalized spacial score (nSPS) is 10.5. The van der Waals surface area contributed by atoms with Crippen molar-refractivity contribution in [3.63, 3.8) is 0 Å². The van der Waals surface area contributed by atoms with Crippen LogP contribution in [0.2, 0.25) is 0 Å². The number of amides is 1. The number of para-hydroxylation sites is 1. The van der Waals surface area contributed by atoms with Crippen molar-refractivity contribution in [2.24, 2.45) is 0 Å². The Hall–Kier alpha value is -3.61. The number of anilines is 1. The van der Waals surface area contributed by atoms with Crippen LogP contribution in [0.1, 0.15) is 42.9 Å². The van der Waals surface area contributed by atoms with Crippen LogP contribution in [0.3, 0.4) is 0 Å². The average molecular weight is 421 g/mol. The minimum atomic E-state index is -0.585. The van der Waals surface area contributed by atoms with E-state index in [4.69, 9.17) is 9.47 Å². The van der Waals surface area contributed by atoms with Gasteiger partial charge in [-0.2, -0.15) is 5.10 Å². The Kier molecular flexibility index (Phi) is 7.43. The highest BCUT2D eigenvalue weighted by atomic mass is 16.5. The van der Waals surface area contributed by atoms with Gasteiger partial charge in [0.1, 0.15) is 0 Å². The van der Waals surface area contributed by atoms with Crippen LogP contribution < -0.4 is 20.2 Å². The molecule has 31 heavy (non-hydrogen) atoms. The fraction of sp³-hybridized carbons (Fsp3) is 0.292. The van der Waals surface area contributed by atoms with Crippen LogP contribution >= 0.6 is 0 Å². The summed E-state index contributed by atoms with van der Waals surface area (Å²) in [4.78, 5) is 25.3. The lowest BCUT2D eigenvalue weighted by Gasteiger charge is -2.14. The summed E-state index contributed by atoms with van der Waals surface area (Å²) in [6.07, 6.45) is 1.72. The minimum Gasteiger partial charge on any atom is -0.490 e. The van der Waals surface area contributed by atoms with Gasteiger partial charge in [0.2, 0.25) is 5.43 Å². The quantitative estimate of drug-likeness (QED) is 0.555. The lowest BCUT2D eigenvalue weighted by Crippen LogP contribution is -2.26. The molecule has 2 aromatic carbocycles. The third-order valence-corrected chi connectivity index (χ3v) is 4.45. The van der Waals surface area contributed by atoms with Gasteiger partial charge in [-0.15, -0.1) is 0 Å². The summed E-state index contributed by atoms with van der Waals surface area (Å²) in [5, 5.41) is 7.05. The van der Waals surface area contributed by atoms with E-state index in [2.05, 4.69) is 10.4 Å². The number of carbonyl (C=O) groups excluding carboxylic acids is 1. The fourth-order valence-corrected chi connectivity index (χ4v) is 2.97. The van der Waals surface area contributed by atoms with Crippen LogP contribution in [0.4, 0.5) is 5.69 Å². The maximum atomic E-state index is 12.9. The molecule has 1 amide bonds. The predicted molar refractivity (Wildman–Crippen MR) is 121 cm³/mol. The highest BCUT2D eigenvalue weighted by Crippen LogP contribution is 2.31. The Balaban J connectivity index is 1.88. The van der Waals surface area contributed by atoms with Gasteiger partial charge in [-0.1, -0.05) is 32.0 Å². The highest BCUT2D eigenvalue weighted by Gasteiger charge is 2.17. The van der Waals surface area contributed by atoms with E-state index in [1.54, 1.807) is 29.8 Å². The van der Waals surface area contributed by atoms with Crippen molar-refractivity contribution in [1.82, 2.24) is 9.78 Å². The molecule has 0 saturated heterocycles. The minimum absolute atomic E-state index is 0.184. The summed E-state index contributed by atoms with van der Waals surface area (Å²) in [5.41, 5.74) is 1.28. The Bertz CT molecular complexity index is 1090. The fourth-order valence-electron chi connectivity index (χ4n) is 2.97. The molecule has 7 nitrogen and oxygen atoms in total. The second-order valence-corrected chi connectivity index (χ2v) is 7.06. The number of aryl methyl sites for hydroxylation is 1. The SMILES string of the molecule is CCCOc1ccc(NC(=O)c2nn(-c3ccccc3)c(C)cc2=O)cc1OCCC. The molecule has 1 N–H and O–H groups in total. The van der Waals surface area contributed by atoms with Gasteiger partial charge in [-0.3, -0.25) is 9.59 Å². The van der Waals surface area contributed by atoms with Crippen molar-refractivity contribution in [2.75, 3.05) is 18.5 Å². The first kappa shape index (κ1) is 22.1. The molecular formula is C24H27N3O4. The molecule has 0 aliphatic carbocycles. The molecule has 0 bridgehead atoms. The molecule has 0 aliphatic rings. The molecule has 162 valence electrons. The van der Waals surface area contributed by atoms with E-state index in [9.17, 15) is 9.59 Å². The summed E-state index contributed by atoms with van der Waals surface area (Å²) in [7, 11) is 0. The number of nitrogens with zero attached hydrogens (tertiary/aromatic N) is 2. The van der Waals surface area contributed by atoms with Gasteiger partial charge in [-0.25, -0.2) is 4.68 Å². The van der Waals surface area contributed by atoms with Gasteiger partial charge in [0.25, 0.3) is 5.91 Å². The lowest BCUT2D eigenvalue weighted by molar-refractivity contribution is 0.101. The van der Waals surface area contributed by atoms with Gasteiger partial charge in [0, 0.05) is 23.5 Å². The zero-order chi connectivity index (χ0) is 22.2. The van der Waals surface area contributed by atoms with Crippen LogP contribution in [-0.4, -0.2) is 28.9 Å². The Labute approximate surface area is 181 Å². The number of rotatable bonds is 9. The van der Waals surface area contributed by atoms with E-state index in [1.807, 2.05) is 44.2 Å². The maximum absolute atomic E-state index is 12.9. The molecule has 0 radical (unpaired) electrons. The zero-order valence-corrected chi connectivity index (χ0v) is 18.1. The third kappa shape index (κ3) is 5.51. The Morgan fingerprint density at radius 1 is 0.968 bits per heavy atom. The number of ether oxygens (including phenoxy) is 2. The molecule has 3 aromatic rings. The summed E-state index contributed by atoms with van der Waals surface area (Å²) in [6, 6.07) is 15.9. The summed E-state index contributed by atoms with van der Waals surface area (Å²) in [5.74, 6) is 0.582. The molecule has 0 spiro atoms. The number of hydrogen-bond acceptors (Lipinski definition) is 5. The molecular weight excluding hydrogens is 394 g/mol. The summed E-state index contributed by atoms with van der Waals surface area (Å²) >= 11 is 0. The molecule has 7 heteroatoms. The van der Waals surface area contributed by atoms with Crippen molar-refractivity contribution in [3.8, 4) is 17.2 Å². The van der Waals surface area contributed by atoms with Gasteiger partial charge < -0.3 is 14.8 Å². The van der Waals surface area contributed by atoms with Crippen LogP contribution in [0, 0.1) is 6.92 Å².